The summed E-state index contributed by atoms with van der Waals surface area (Å²) in [6.07, 6.45) is 7.59. The summed E-state index contributed by atoms with van der Waals surface area (Å²) in [5.41, 5.74) is 0. The van der Waals surface area contributed by atoms with E-state index in [0.717, 1.165) is 19.3 Å². The third-order valence-corrected chi connectivity index (χ3v) is 5.51. The van der Waals surface area contributed by atoms with Crippen molar-refractivity contribution in [1.29, 1.82) is 0 Å². The van der Waals surface area contributed by atoms with Crippen molar-refractivity contribution in [3.8, 4) is 0 Å². The Kier molecular flexibility index (Phi) is 13.9. The minimum atomic E-state index is -4.97. The number of rotatable bonds is 11. The van der Waals surface area contributed by atoms with Gasteiger partial charge in [-0.25, -0.2) is 4.57 Å². The van der Waals surface area contributed by atoms with Crippen molar-refractivity contribution in [2.45, 2.75) is 58.3 Å². The monoisotopic (exact) mass is 359 g/mol. The van der Waals surface area contributed by atoms with Gasteiger partial charge in [0, 0.05) is 6.54 Å². The van der Waals surface area contributed by atoms with Crippen molar-refractivity contribution >= 4 is 55.8 Å². The molecule has 0 rings (SSSR count). The molecule has 0 aliphatic carbocycles. The van der Waals surface area contributed by atoms with E-state index in [9.17, 15) is 13.0 Å². The molecule has 0 spiro atoms. The predicted octanol–water partition coefficient (Wildman–Crippen LogP) is 1.41. The van der Waals surface area contributed by atoms with E-state index in [-0.39, 0.29) is 48.4 Å². The van der Waals surface area contributed by atoms with Gasteiger partial charge in [0.15, 0.2) is 0 Å². The molecule has 20 heavy (non-hydrogen) atoms. The van der Waals surface area contributed by atoms with Gasteiger partial charge in [-0.1, -0.05) is 55.9 Å². The molecule has 0 aromatic rings. The molecule has 0 unspecified atom stereocenters. The van der Waals surface area contributed by atoms with E-state index in [2.05, 4.69) is 6.92 Å². The summed E-state index contributed by atoms with van der Waals surface area (Å²) in [6.45, 7) is 1.77. The fourth-order valence-corrected chi connectivity index (χ4v) is 3.60. The van der Waals surface area contributed by atoms with Gasteiger partial charge in [0.1, 0.15) is 0 Å². The van der Waals surface area contributed by atoms with Crippen LogP contribution in [0.2, 0.25) is 0 Å². The zero-order valence-electron chi connectivity index (χ0n) is 11.2. The molecule has 0 aliphatic rings. The molecule has 0 saturated carbocycles. The second-order valence-electron chi connectivity index (χ2n) is 4.51. The molecular weight excluding hydrogens is 333 g/mol. The van der Waals surface area contributed by atoms with Crippen molar-refractivity contribution in [2.24, 2.45) is 0 Å². The standard InChI is InChI=1S/C10H24NO6PS.Ca.2H/c1-2-3-4-5-6-7-8-9-10-11(18(12,13)14)19(15,16)17;;;/h2-10H2,1H3,(H2,12,13,14)(H,15,16,17);;;. The van der Waals surface area contributed by atoms with Gasteiger partial charge in [-0.3, -0.25) is 4.55 Å². The number of unbranched alkanes of at least 4 members (excludes halogenated alkanes) is 7. The molecule has 0 saturated heterocycles. The minimum absolute atomic E-state index is 0. The first-order valence-corrected chi connectivity index (χ1v) is 9.47. The second kappa shape index (κ2) is 11.8. The van der Waals surface area contributed by atoms with Gasteiger partial charge in [0.05, 0.1) is 0 Å². The molecule has 0 atom stereocenters. The van der Waals surface area contributed by atoms with Crippen LogP contribution in [0.1, 0.15) is 58.3 Å². The predicted molar refractivity (Wildman–Crippen MR) is 81.5 cm³/mol. The van der Waals surface area contributed by atoms with Gasteiger partial charge in [-0.2, -0.15) is 8.42 Å². The Morgan fingerprint density at radius 3 is 1.70 bits per heavy atom. The number of hydrogen-bond acceptors (Lipinski definition) is 3. The average molecular weight is 359 g/mol. The van der Waals surface area contributed by atoms with Crippen LogP contribution in [0.3, 0.4) is 0 Å². The van der Waals surface area contributed by atoms with E-state index in [1.807, 2.05) is 0 Å². The maximum atomic E-state index is 10.9. The summed E-state index contributed by atoms with van der Waals surface area (Å²) >= 11 is 0. The SMILES string of the molecule is CCCCCCCCCCN(P(=O)(O)O)S(=O)(=O)O.[CaH2]. The Balaban J connectivity index is 0. The van der Waals surface area contributed by atoms with Gasteiger partial charge >= 0.3 is 55.8 Å². The van der Waals surface area contributed by atoms with Gasteiger partial charge in [0.2, 0.25) is 0 Å². The van der Waals surface area contributed by atoms with Crippen molar-refractivity contribution < 1.29 is 27.3 Å². The van der Waals surface area contributed by atoms with Crippen LogP contribution >= 0.6 is 7.75 Å². The molecule has 0 radical (unpaired) electrons. The molecule has 0 aromatic carbocycles. The fourth-order valence-electron chi connectivity index (χ4n) is 1.76. The van der Waals surface area contributed by atoms with E-state index in [0.29, 0.717) is 12.8 Å². The molecule has 0 aromatic heterocycles. The summed E-state index contributed by atoms with van der Waals surface area (Å²) in [4.78, 5) is 17.6. The molecule has 10 heteroatoms. The molecular formula is C10H26CaNO6PS. The normalized spacial score (nSPS) is 12.4. The summed E-state index contributed by atoms with van der Waals surface area (Å²) in [7, 11) is -9.83. The van der Waals surface area contributed by atoms with Crippen LogP contribution in [0.15, 0.2) is 0 Å². The van der Waals surface area contributed by atoms with Crippen LogP contribution < -0.4 is 0 Å². The topological polar surface area (TPSA) is 115 Å². The van der Waals surface area contributed by atoms with Gasteiger partial charge < -0.3 is 9.79 Å². The zero-order chi connectivity index (χ0) is 14.9. The van der Waals surface area contributed by atoms with Crippen LogP contribution in [0.4, 0.5) is 0 Å². The van der Waals surface area contributed by atoms with Crippen molar-refractivity contribution in [3.63, 3.8) is 0 Å². The fraction of sp³-hybridized carbons (Fsp3) is 1.00. The van der Waals surface area contributed by atoms with Crippen LogP contribution in [-0.4, -0.2) is 71.1 Å². The molecule has 3 N–H and O–H groups in total. The van der Waals surface area contributed by atoms with Crippen LogP contribution in [0.25, 0.3) is 0 Å². The third-order valence-electron chi connectivity index (χ3n) is 2.76. The van der Waals surface area contributed by atoms with Crippen molar-refractivity contribution in [2.75, 3.05) is 6.54 Å². The van der Waals surface area contributed by atoms with Crippen molar-refractivity contribution in [3.05, 3.63) is 0 Å². The Morgan fingerprint density at radius 1 is 0.950 bits per heavy atom. The maximum absolute atomic E-state index is 10.9. The van der Waals surface area contributed by atoms with Crippen molar-refractivity contribution in [1.82, 2.24) is 4.08 Å². The summed E-state index contributed by atoms with van der Waals surface area (Å²) < 4.78 is 41.1. The van der Waals surface area contributed by atoms with E-state index >= 15 is 0 Å². The molecule has 0 fully saturated rings. The first-order chi connectivity index (χ1) is 8.69. The third kappa shape index (κ3) is 11.9. The van der Waals surface area contributed by atoms with E-state index in [1.165, 1.54) is 19.3 Å². The van der Waals surface area contributed by atoms with E-state index in [1.54, 1.807) is 0 Å². The van der Waals surface area contributed by atoms with E-state index < -0.39 is 18.1 Å². The van der Waals surface area contributed by atoms with Gasteiger partial charge in [0.25, 0.3) is 0 Å². The van der Waals surface area contributed by atoms with Crippen LogP contribution in [0, 0.1) is 0 Å². The number of nitrogens with zero attached hydrogens (tertiary/aromatic N) is 1. The molecule has 120 valence electrons. The Morgan fingerprint density at radius 2 is 1.35 bits per heavy atom. The summed E-state index contributed by atoms with van der Waals surface area (Å²) in [5.74, 6) is 0. The quantitative estimate of drug-likeness (QED) is 0.222. The summed E-state index contributed by atoms with van der Waals surface area (Å²) in [6, 6.07) is 0. The first kappa shape index (κ1) is 23.5. The molecule has 0 heterocycles. The Labute approximate surface area is 151 Å². The molecule has 7 nitrogen and oxygen atoms in total. The molecule has 0 aliphatic heterocycles. The Hall–Kier alpha value is 1.28. The second-order valence-corrected chi connectivity index (χ2v) is 7.63. The van der Waals surface area contributed by atoms with Gasteiger partial charge in [-0.15, -0.1) is 0 Å². The van der Waals surface area contributed by atoms with E-state index in [4.69, 9.17) is 14.3 Å². The molecule has 0 bridgehead atoms. The Bertz CT molecular complexity index is 385. The average Bonchev–Trinajstić information content (AvgIpc) is 2.23. The van der Waals surface area contributed by atoms with Crippen LogP contribution in [0.5, 0.6) is 0 Å². The molecule has 0 amide bonds. The summed E-state index contributed by atoms with van der Waals surface area (Å²) in [5, 5.41) is 0. The number of hydrogen-bond donors (Lipinski definition) is 3. The first-order valence-electron chi connectivity index (χ1n) is 6.50. The van der Waals surface area contributed by atoms with Gasteiger partial charge in [-0.05, 0) is 6.42 Å². The van der Waals surface area contributed by atoms with Crippen LogP contribution in [-0.2, 0) is 14.9 Å². The zero-order valence-corrected chi connectivity index (χ0v) is 12.9.